The molecule has 1 heterocycles. The predicted octanol–water partition coefficient (Wildman–Crippen LogP) is 3.82. The van der Waals surface area contributed by atoms with Crippen molar-refractivity contribution >= 4 is 11.6 Å². The van der Waals surface area contributed by atoms with Crippen LogP contribution in [0.3, 0.4) is 0 Å². The highest BCUT2D eigenvalue weighted by Gasteiger charge is 2.59. The first-order valence-electron chi connectivity index (χ1n) is 5.25. The third-order valence-electron chi connectivity index (χ3n) is 3.55. The van der Waals surface area contributed by atoms with Crippen molar-refractivity contribution < 1.29 is 4.42 Å². The molecule has 2 unspecified atom stereocenters. The Morgan fingerprint density at radius 1 is 1.43 bits per heavy atom. The standard InChI is InChI=1S/C12H17ClO/c1-4-8-5-6-10(14-8)11-9(7-13)12(11,2)3/h5-6,9,11H,4,7H2,1-3H3. The van der Waals surface area contributed by atoms with Crippen LogP contribution in [0.15, 0.2) is 16.5 Å². The molecule has 0 aliphatic heterocycles. The molecule has 1 fully saturated rings. The van der Waals surface area contributed by atoms with Gasteiger partial charge in [-0.25, -0.2) is 0 Å². The second-order valence-corrected chi connectivity index (χ2v) is 5.03. The first-order valence-corrected chi connectivity index (χ1v) is 5.79. The van der Waals surface area contributed by atoms with Crippen LogP contribution < -0.4 is 0 Å². The molecule has 0 amide bonds. The van der Waals surface area contributed by atoms with Crippen LogP contribution in [0.4, 0.5) is 0 Å². The molecule has 1 aromatic rings. The second kappa shape index (κ2) is 3.30. The maximum atomic E-state index is 5.93. The number of hydrogen-bond donors (Lipinski definition) is 0. The van der Waals surface area contributed by atoms with E-state index in [9.17, 15) is 0 Å². The Labute approximate surface area is 90.4 Å². The Hall–Kier alpha value is -0.430. The van der Waals surface area contributed by atoms with Gasteiger partial charge < -0.3 is 4.42 Å². The zero-order valence-corrected chi connectivity index (χ0v) is 9.77. The molecule has 0 N–H and O–H groups in total. The van der Waals surface area contributed by atoms with Crippen LogP contribution >= 0.6 is 11.6 Å². The molecule has 0 aromatic carbocycles. The van der Waals surface area contributed by atoms with E-state index in [2.05, 4.69) is 32.9 Å². The highest BCUT2D eigenvalue weighted by molar-refractivity contribution is 6.18. The topological polar surface area (TPSA) is 13.1 Å². The molecular formula is C12H17ClO. The molecular weight excluding hydrogens is 196 g/mol. The van der Waals surface area contributed by atoms with E-state index in [-0.39, 0.29) is 0 Å². The van der Waals surface area contributed by atoms with Crippen molar-refractivity contribution in [2.75, 3.05) is 5.88 Å². The highest BCUT2D eigenvalue weighted by atomic mass is 35.5. The molecule has 0 spiro atoms. The van der Waals surface area contributed by atoms with Gasteiger partial charge in [-0.15, -0.1) is 11.6 Å². The maximum Gasteiger partial charge on any atom is 0.108 e. The summed E-state index contributed by atoms with van der Waals surface area (Å²) >= 11 is 5.93. The molecule has 1 aliphatic rings. The first kappa shape index (κ1) is 10.1. The van der Waals surface area contributed by atoms with Crippen LogP contribution in [0.25, 0.3) is 0 Å². The number of furan rings is 1. The third kappa shape index (κ3) is 1.38. The lowest BCUT2D eigenvalue weighted by Gasteiger charge is -1.98. The van der Waals surface area contributed by atoms with Gasteiger partial charge in [0.1, 0.15) is 11.5 Å². The molecule has 1 aromatic heterocycles. The van der Waals surface area contributed by atoms with E-state index in [1.165, 1.54) is 0 Å². The molecule has 0 radical (unpaired) electrons. The van der Waals surface area contributed by atoms with Gasteiger partial charge in [-0.1, -0.05) is 20.8 Å². The summed E-state index contributed by atoms with van der Waals surface area (Å²) in [7, 11) is 0. The summed E-state index contributed by atoms with van der Waals surface area (Å²) in [6.45, 7) is 6.64. The molecule has 14 heavy (non-hydrogen) atoms. The average Bonchev–Trinajstić information content (AvgIpc) is 2.55. The average molecular weight is 213 g/mol. The fraction of sp³-hybridized carbons (Fsp3) is 0.667. The van der Waals surface area contributed by atoms with Gasteiger partial charge in [0.05, 0.1) is 0 Å². The van der Waals surface area contributed by atoms with Gasteiger partial charge in [0.2, 0.25) is 0 Å². The van der Waals surface area contributed by atoms with Crippen molar-refractivity contribution in [2.45, 2.75) is 33.1 Å². The van der Waals surface area contributed by atoms with E-state index in [0.29, 0.717) is 17.3 Å². The Morgan fingerprint density at radius 2 is 2.14 bits per heavy atom. The predicted molar refractivity (Wildman–Crippen MR) is 58.8 cm³/mol. The Bertz CT molecular complexity index is 327. The quantitative estimate of drug-likeness (QED) is 0.695. The van der Waals surface area contributed by atoms with Gasteiger partial charge in [-0.2, -0.15) is 0 Å². The first-order chi connectivity index (χ1) is 6.61. The summed E-state index contributed by atoms with van der Waals surface area (Å²) in [4.78, 5) is 0. The highest BCUT2D eigenvalue weighted by Crippen LogP contribution is 2.64. The maximum absolute atomic E-state index is 5.93. The van der Waals surface area contributed by atoms with Crippen molar-refractivity contribution in [3.05, 3.63) is 23.7 Å². The van der Waals surface area contributed by atoms with Crippen molar-refractivity contribution in [2.24, 2.45) is 11.3 Å². The van der Waals surface area contributed by atoms with Crippen LogP contribution in [0.5, 0.6) is 0 Å². The Balaban J connectivity index is 2.18. The summed E-state index contributed by atoms with van der Waals surface area (Å²) in [5.74, 6) is 4.05. The summed E-state index contributed by atoms with van der Waals surface area (Å²) in [5.41, 5.74) is 0.324. The summed E-state index contributed by atoms with van der Waals surface area (Å²) < 4.78 is 5.77. The molecule has 1 saturated carbocycles. The Morgan fingerprint density at radius 3 is 2.57 bits per heavy atom. The van der Waals surface area contributed by atoms with Crippen LogP contribution in [0.1, 0.15) is 38.2 Å². The Kier molecular flexibility index (Phi) is 2.38. The fourth-order valence-corrected chi connectivity index (χ4v) is 2.92. The normalized spacial score (nSPS) is 29.1. The molecule has 2 rings (SSSR count). The zero-order chi connectivity index (χ0) is 10.3. The van der Waals surface area contributed by atoms with E-state index in [0.717, 1.165) is 23.8 Å². The molecule has 2 atom stereocenters. The number of aryl methyl sites for hydroxylation is 1. The van der Waals surface area contributed by atoms with Crippen LogP contribution in [0, 0.1) is 11.3 Å². The molecule has 78 valence electrons. The van der Waals surface area contributed by atoms with Crippen LogP contribution in [-0.4, -0.2) is 5.88 Å². The minimum absolute atomic E-state index is 0.324. The monoisotopic (exact) mass is 212 g/mol. The van der Waals surface area contributed by atoms with Gasteiger partial charge in [-0.05, 0) is 23.5 Å². The number of hydrogen-bond acceptors (Lipinski definition) is 1. The minimum Gasteiger partial charge on any atom is -0.466 e. The number of halogens is 1. The smallest absolute Gasteiger partial charge is 0.108 e. The molecule has 2 heteroatoms. The molecule has 1 aliphatic carbocycles. The largest absolute Gasteiger partial charge is 0.466 e. The van der Waals surface area contributed by atoms with Crippen LogP contribution in [0.2, 0.25) is 0 Å². The second-order valence-electron chi connectivity index (χ2n) is 4.72. The molecule has 0 bridgehead atoms. The van der Waals surface area contributed by atoms with Crippen molar-refractivity contribution in [1.82, 2.24) is 0 Å². The molecule has 0 saturated heterocycles. The summed E-state index contributed by atoms with van der Waals surface area (Å²) in [6, 6.07) is 4.19. The summed E-state index contributed by atoms with van der Waals surface area (Å²) in [6.07, 6.45) is 0.971. The number of alkyl halides is 1. The minimum atomic E-state index is 0.324. The van der Waals surface area contributed by atoms with E-state index in [1.807, 2.05) is 0 Å². The third-order valence-corrected chi connectivity index (χ3v) is 3.89. The molecule has 1 nitrogen and oxygen atoms in total. The van der Waals surface area contributed by atoms with Gasteiger partial charge in [-0.3, -0.25) is 0 Å². The van der Waals surface area contributed by atoms with E-state index < -0.39 is 0 Å². The van der Waals surface area contributed by atoms with Crippen LogP contribution in [-0.2, 0) is 6.42 Å². The summed E-state index contributed by atoms with van der Waals surface area (Å²) in [5, 5.41) is 0. The van der Waals surface area contributed by atoms with Crippen molar-refractivity contribution in [1.29, 1.82) is 0 Å². The van der Waals surface area contributed by atoms with Crippen molar-refractivity contribution in [3.63, 3.8) is 0 Å². The lowest BCUT2D eigenvalue weighted by atomic mass is 10.1. The SMILES string of the molecule is CCc1ccc(C2C(CCl)C2(C)C)o1. The zero-order valence-electron chi connectivity index (χ0n) is 9.01. The lowest BCUT2D eigenvalue weighted by Crippen LogP contribution is -1.90. The van der Waals surface area contributed by atoms with Crippen molar-refractivity contribution in [3.8, 4) is 0 Å². The lowest BCUT2D eigenvalue weighted by molar-refractivity contribution is 0.450. The van der Waals surface area contributed by atoms with E-state index in [1.54, 1.807) is 0 Å². The number of rotatable bonds is 3. The van der Waals surface area contributed by atoms with E-state index >= 15 is 0 Å². The van der Waals surface area contributed by atoms with Gasteiger partial charge in [0, 0.05) is 18.2 Å². The van der Waals surface area contributed by atoms with Gasteiger partial charge >= 0.3 is 0 Å². The van der Waals surface area contributed by atoms with E-state index in [4.69, 9.17) is 16.0 Å². The van der Waals surface area contributed by atoms with Gasteiger partial charge in [0.15, 0.2) is 0 Å². The fourth-order valence-electron chi connectivity index (χ4n) is 2.35. The van der Waals surface area contributed by atoms with Gasteiger partial charge in [0.25, 0.3) is 0 Å².